The molecule has 27 heavy (non-hydrogen) atoms. The van der Waals surface area contributed by atoms with E-state index in [-0.39, 0.29) is 5.04 Å². The molecule has 5 atom stereocenters. The first kappa shape index (κ1) is 20.4. The van der Waals surface area contributed by atoms with Gasteiger partial charge in [0.25, 0.3) is 12.0 Å². The summed E-state index contributed by atoms with van der Waals surface area (Å²) in [7, 11) is -0.504. The van der Waals surface area contributed by atoms with Gasteiger partial charge in [0.2, 0.25) is 0 Å². The number of H-pyrrole nitrogens is 1. The lowest BCUT2D eigenvalue weighted by molar-refractivity contribution is -0.256. The van der Waals surface area contributed by atoms with Gasteiger partial charge in [-0.3, -0.25) is 14.3 Å². The zero-order valence-electron chi connectivity index (χ0n) is 16.6. The van der Waals surface area contributed by atoms with Gasteiger partial charge in [0.05, 0.1) is 6.61 Å². The first-order valence-corrected chi connectivity index (χ1v) is 11.9. The molecule has 3 rings (SSSR count). The monoisotopic (exact) mass is 400 g/mol. The topological polar surface area (TPSA) is 101 Å². The van der Waals surface area contributed by atoms with Gasteiger partial charge in [0.15, 0.2) is 14.5 Å². The average molecular weight is 401 g/mol. The second kappa shape index (κ2) is 7.26. The minimum atomic E-state index is -1.99. The summed E-state index contributed by atoms with van der Waals surface area (Å²) in [6.07, 6.45) is -0.764. The van der Waals surface area contributed by atoms with Gasteiger partial charge in [-0.2, -0.15) is 0 Å². The molecule has 1 unspecified atom stereocenters. The molecule has 2 aliphatic rings. The molecule has 3 heterocycles. The predicted octanol–water partition coefficient (Wildman–Crippen LogP) is 1.17. The molecule has 9 nitrogen and oxygen atoms in total. The smallest absolute Gasteiger partial charge is 0.330 e. The normalized spacial score (nSPS) is 31.3. The van der Waals surface area contributed by atoms with Crippen LogP contribution in [0.3, 0.4) is 0 Å². The van der Waals surface area contributed by atoms with Crippen molar-refractivity contribution in [3.63, 3.8) is 0 Å². The van der Waals surface area contributed by atoms with Crippen LogP contribution in [0.2, 0.25) is 18.1 Å². The molecular formula is C17H28N2O7Si. The maximum absolute atomic E-state index is 12.2. The third kappa shape index (κ3) is 3.96. The van der Waals surface area contributed by atoms with Gasteiger partial charge < -0.3 is 23.4 Å². The number of fused-ring (bicyclic) bond motifs is 1. The fraction of sp³-hybridized carbons (Fsp3) is 0.765. The summed E-state index contributed by atoms with van der Waals surface area (Å²) >= 11 is 0. The minimum absolute atomic E-state index is 0.0579. The fourth-order valence-corrected chi connectivity index (χ4v) is 3.92. The number of nitrogens with one attached hydrogen (secondary N) is 1. The second-order valence-electron chi connectivity index (χ2n) is 8.38. The zero-order chi connectivity index (χ0) is 20.0. The molecular weight excluding hydrogens is 372 g/mol. The molecule has 2 saturated heterocycles. The lowest BCUT2D eigenvalue weighted by Gasteiger charge is -2.37. The number of hydrogen-bond acceptors (Lipinski definition) is 7. The lowest BCUT2D eigenvalue weighted by atomic mass is 10.1. The molecule has 0 aromatic carbocycles. The molecule has 0 radical (unpaired) electrons. The summed E-state index contributed by atoms with van der Waals surface area (Å²) in [5, 5.41) is 0.0579. The number of rotatable bonds is 5. The Hall–Kier alpha value is -1.30. The van der Waals surface area contributed by atoms with Crippen molar-refractivity contribution in [1.82, 2.24) is 9.55 Å². The van der Waals surface area contributed by atoms with E-state index in [4.69, 9.17) is 23.4 Å². The van der Waals surface area contributed by atoms with Crippen molar-refractivity contribution < 1.29 is 23.4 Å². The maximum Gasteiger partial charge on any atom is 0.330 e. The minimum Gasteiger partial charge on any atom is -0.414 e. The first-order valence-electron chi connectivity index (χ1n) is 8.98. The van der Waals surface area contributed by atoms with Gasteiger partial charge in [-0.25, -0.2) is 4.79 Å². The summed E-state index contributed by atoms with van der Waals surface area (Å²) in [5.41, 5.74) is -1.04. The van der Waals surface area contributed by atoms with Gasteiger partial charge in [-0.05, 0) is 18.1 Å². The quantitative estimate of drug-likeness (QED) is 0.741. The Balaban J connectivity index is 1.82. The standard InChI is InChI=1S/C17H28N2O7Si/c1-17(2,3)27(5,6)23-9-10-12-13(26-16(22-4)25-12)14(24-10)19-8-7-11(20)18-15(19)21/h7-8,10,12-14,16H,9H2,1-6H3,(H,18,20,21)/t10-,12-,13-,14-,16?/m1/s1. The molecule has 0 aliphatic carbocycles. The third-order valence-electron chi connectivity index (χ3n) is 5.55. The summed E-state index contributed by atoms with van der Waals surface area (Å²) < 4.78 is 30.3. The van der Waals surface area contributed by atoms with Crippen LogP contribution in [0.4, 0.5) is 0 Å². The molecule has 0 amide bonds. The van der Waals surface area contributed by atoms with Gasteiger partial charge in [-0.15, -0.1) is 0 Å². The molecule has 0 bridgehead atoms. The van der Waals surface area contributed by atoms with Crippen molar-refractivity contribution >= 4 is 8.32 Å². The summed E-state index contributed by atoms with van der Waals surface area (Å²) in [6, 6.07) is 1.27. The predicted molar refractivity (Wildman–Crippen MR) is 98.9 cm³/mol. The van der Waals surface area contributed by atoms with Crippen molar-refractivity contribution in [3.05, 3.63) is 33.1 Å². The highest BCUT2D eigenvalue weighted by Gasteiger charge is 2.54. The van der Waals surface area contributed by atoms with Gasteiger partial charge in [0.1, 0.15) is 18.3 Å². The Kier molecular flexibility index (Phi) is 5.50. The van der Waals surface area contributed by atoms with Crippen LogP contribution in [-0.2, 0) is 23.4 Å². The Labute approximate surface area is 158 Å². The highest BCUT2D eigenvalue weighted by Crippen LogP contribution is 2.41. The van der Waals surface area contributed by atoms with Crippen molar-refractivity contribution in [3.8, 4) is 0 Å². The molecule has 2 aliphatic heterocycles. The largest absolute Gasteiger partial charge is 0.414 e. The van der Waals surface area contributed by atoms with Crippen LogP contribution in [0.5, 0.6) is 0 Å². The lowest BCUT2D eigenvalue weighted by Crippen LogP contribution is -2.44. The van der Waals surface area contributed by atoms with Crippen molar-refractivity contribution in [2.75, 3.05) is 13.7 Å². The van der Waals surface area contributed by atoms with Gasteiger partial charge in [0, 0.05) is 19.4 Å². The molecule has 0 saturated carbocycles. The molecule has 2 fully saturated rings. The van der Waals surface area contributed by atoms with Crippen molar-refractivity contribution in [2.45, 2.75) is 69.9 Å². The Morgan fingerprint density at radius 1 is 1.19 bits per heavy atom. The zero-order valence-corrected chi connectivity index (χ0v) is 17.6. The van der Waals surface area contributed by atoms with Crippen LogP contribution in [0.15, 0.2) is 21.9 Å². The number of ether oxygens (including phenoxy) is 4. The van der Waals surface area contributed by atoms with Crippen LogP contribution in [0, 0.1) is 0 Å². The van der Waals surface area contributed by atoms with E-state index in [0.717, 1.165) is 0 Å². The highest BCUT2D eigenvalue weighted by atomic mass is 28.4. The van der Waals surface area contributed by atoms with E-state index in [2.05, 4.69) is 38.8 Å². The molecule has 152 valence electrons. The number of nitrogens with zero attached hydrogens (tertiary/aromatic N) is 1. The van der Waals surface area contributed by atoms with Crippen LogP contribution >= 0.6 is 0 Å². The highest BCUT2D eigenvalue weighted by molar-refractivity contribution is 6.74. The Bertz CT molecular complexity index is 784. The summed E-state index contributed by atoms with van der Waals surface area (Å²) in [4.78, 5) is 25.8. The number of hydrogen-bond donors (Lipinski definition) is 1. The van der Waals surface area contributed by atoms with E-state index < -0.39 is 50.6 Å². The summed E-state index contributed by atoms with van der Waals surface area (Å²) in [6.45, 7) is 10.3. The maximum atomic E-state index is 12.2. The van der Waals surface area contributed by atoms with Crippen LogP contribution < -0.4 is 11.2 Å². The molecule has 1 aromatic rings. The number of methoxy groups -OCH3 is 1. The van der Waals surface area contributed by atoms with E-state index in [0.29, 0.717) is 6.61 Å². The van der Waals surface area contributed by atoms with Gasteiger partial charge in [-0.1, -0.05) is 20.8 Å². The average Bonchev–Trinajstić information content (AvgIpc) is 3.11. The van der Waals surface area contributed by atoms with E-state index in [9.17, 15) is 9.59 Å². The van der Waals surface area contributed by atoms with E-state index in [1.807, 2.05) is 0 Å². The molecule has 1 N–H and O–H groups in total. The second-order valence-corrected chi connectivity index (χ2v) is 13.2. The van der Waals surface area contributed by atoms with Crippen LogP contribution in [0.25, 0.3) is 0 Å². The van der Waals surface area contributed by atoms with E-state index in [1.54, 1.807) is 0 Å². The molecule has 0 spiro atoms. The Morgan fingerprint density at radius 3 is 2.44 bits per heavy atom. The summed E-state index contributed by atoms with van der Waals surface area (Å²) in [5.74, 6) is 0. The molecule has 1 aromatic heterocycles. The van der Waals surface area contributed by atoms with Crippen molar-refractivity contribution in [2.24, 2.45) is 0 Å². The fourth-order valence-electron chi connectivity index (χ4n) is 2.91. The molecule has 10 heteroatoms. The number of aromatic nitrogens is 2. The third-order valence-corrected chi connectivity index (χ3v) is 10.1. The SMILES string of the molecule is COC1O[C@@H]2[C@H](O1)[C@@H](CO[Si](C)(C)C(C)(C)C)O[C@H]2n1ccc(=O)[nH]c1=O. The van der Waals surface area contributed by atoms with Crippen LogP contribution in [-0.4, -0.2) is 56.4 Å². The van der Waals surface area contributed by atoms with Crippen molar-refractivity contribution in [1.29, 1.82) is 0 Å². The van der Waals surface area contributed by atoms with Crippen LogP contribution in [0.1, 0.15) is 27.0 Å². The van der Waals surface area contributed by atoms with E-state index >= 15 is 0 Å². The Morgan fingerprint density at radius 2 is 1.85 bits per heavy atom. The van der Waals surface area contributed by atoms with E-state index in [1.165, 1.54) is 23.9 Å². The number of aromatic amines is 1. The first-order chi connectivity index (χ1) is 12.5. The van der Waals surface area contributed by atoms with Gasteiger partial charge >= 0.3 is 5.69 Å².